The van der Waals surface area contributed by atoms with Crippen LogP contribution >= 0.6 is 0 Å². The van der Waals surface area contributed by atoms with Crippen molar-refractivity contribution in [3.63, 3.8) is 0 Å². The highest BCUT2D eigenvalue weighted by atomic mass is 19.4. The molecule has 11 heteroatoms. The predicted octanol–water partition coefficient (Wildman–Crippen LogP) is 6.24. The molecular weight excluding hydrogens is 455 g/mol. The van der Waals surface area contributed by atoms with Gasteiger partial charge in [0.1, 0.15) is 11.5 Å². The average molecular weight is 469 g/mol. The number of pyridine rings is 1. The van der Waals surface area contributed by atoms with E-state index in [1.807, 2.05) is 0 Å². The lowest BCUT2D eigenvalue weighted by Gasteiger charge is -2.25. The second-order valence-electron chi connectivity index (χ2n) is 7.31. The zero-order chi connectivity index (χ0) is 24.0. The minimum atomic E-state index is -5.90. The molecule has 0 aliphatic carbocycles. The van der Waals surface area contributed by atoms with Crippen LogP contribution in [0.15, 0.2) is 65.9 Å². The van der Waals surface area contributed by atoms with E-state index in [2.05, 4.69) is 10.1 Å². The van der Waals surface area contributed by atoms with Crippen molar-refractivity contribution >= 4 is 11.4 Å². The number of anilines is 1. The van der Waals surface area contributed by atoms with Gasteiger partial charge in [0.25, 0.3) is 0 Å². The number of benzene rings is 2. The van der Waals surface area contributed by atoms with Crippen molar-refractivity contribution in [3.8, 4) is 17.0 Å². The third-order valence-corrected chi connectivity index (χ3v) is 5.14. The summed E-state index contributed by atoms with van der Waals surface area (Å²) in [6.07, 6.45) is -5.39. The van der Waals surface area contributed by atoms with Crippen LogP contribution < -0.4 is 5.01 Å². The highest BCUT2D eigenvalue weighted by Crippen LogP contribution is 2.45. The zero-order valence-electron chi connectivity index (χ0n) is 16.5. The van der Waals surface area contributed by atoms with Crippen molar-refractivity contribution < 1.29 is 35.8 Å². The fourth-order valence-corrected chi connectivity index (χ4v) is 3.49. The van der Waals surface area contributed by atoms with Gasteiger partial charge in [0.05, 0.1) is 11.7 Å². The van der Waals surface area contributed by atoms with E-state index in [1.165, 1.54) is 36.5 Å². The van der Waals surface area contributed by atoms with Gasteiger partial charge in [-0.25, -0.2) is 13.8 Å². The Morgan fingerprint density at radius 1 is 0.909 bits per heavy atom. The molecule has 4 nitrogen and oxygen atoms in total. The van der Waals surface area contributed by atoms with Gasteiger partial charge in [-0.1, -0.05) is 18.2 Å². The van der Waals surface area contributed by atoms with Crippen molar-refractivity contribution in [2.45, 2.75) is 24.6 Å². The monoisotopic (exact) mass is 469 g/mol. The largest absolute Gasteiger partial charge is 0.493 e. The molecule has 3 aromatic rings. The van der Waals surface area contributed by atoms with Gasteiger partial charge in [-0.05, 0) is 35.4 Å². The molecule has 0 spiro atoms. The van der Waals surface area contributed by atoms with Crippen LogP contribution in [0.1, 0.15) is 18.0 Å². The number of nitrogens with zero attached hydrogens (tertiary/aromatic N) is 3. The van der Waals surface area contributed by atoms with Crippen LogP contribution in [0, 0.1) is 11.6 Å². The SMILES string of the molecule is Oc1ccc(-c2cccc(C3CC(C(F)(F)C(F)(F)F)=NN3c3ccc(F)cc3F)c2)cn1. The number of alkyl halides is 5. The minimum Gasteiger partial charge on any atom is -0.493 e. The summed E-state index contributed by atoms with van der Waals surface area (Å²) in [5.74, 6) is -7.58. The van der Waals surface area contributed by atoms with Crippen molar-refractivity contribution in [3.05, 3.63) is 78.0 Å². The molecule has 4 rings (SSSR count). The van der Waals surface area contributed by atoms with Gasteiger partial charge in [-0.3, -0.25) is 5.01 Å². The third kappa shape index (κ3) is 4.22. The molecule has 2 heterocycles. The van der Waals surface area contributed by atoms with Gasteiger partial charge in [0, 0.05) is 30.3 Å². The van der Waals surface area contributed by atoms with Gasteiger partial charge in [0.15, 0.2) is 5.82 Å². The van der Waals surface area contributed by atoms with Crippen LogP contribution in [0.25, 0.3) is 11.1 Å². The first-order valence-corrected chi connectivity index (χ1v) is 9.49. The van der Waals surface area contributed by atoms with Gasteiger partial charge in [-0.15, -0.1) is 0 Å². The summed E-state index contributed by atoms with van der Waals surface area (Å²) in [6, 6.07) is 10.1. The Balaban J connectivity index is 1.79. The molecule has 1 atom stereocenters. The van der Waals surface area contributed by atoms with Crippen LogP contribution in [0.2, 0.25) is 0 Å². The number of rotatable bonds is 4. The molecule has 33 heavy (non-hydrogen) atoms. The van der Waals surface area contributed by atoms with Crippen LogP contribution in [0.3, 0.4) is 0 Å². The minimum absolute atomic E-state index is 0.226. The van der Waals surface area contributed by atoms with E-state index in [-0.39, 0.29) is 11.4 Å². The van der Waals surface area contributed by atoms with Gasteiger partial charge < -0.3 is 5.11 Å². The molecule has 0 amide bonds. The Labute approximate surface area is 182 Å². The van der Waals surface area contributed by atoms with E-state index >= 15 is 0 Å². The molecule has 2 aromatic carbocycles. The second-order valence-corrected chi connectivity index (χ2v) is 7.31. The normalized spacial score (nSPS) is 16.8. The van der Waals surface area contributed by atoms with Crippen molar-refractivity contribution in [2.75, 3.05) is 5.01 Å². The van der Waals surface area contributed by atoms with E-state index in [0.717, 1.165) is 12.1 Å². The smallest absolute Gasteiger partial charge is 0.459 e. The topological polar surface area (TPSA) is 48.7 Å². The zero-order valence-corrected chi connectivity index (χ0v) is 16.5. The number of hydrogen-bond acceptors (Lipinski definition) is 4. The number of halogens is 7. The second kappa shape index (κ2) is 8.05. The van der Waals surface area contributed by atoms with E-state index in [9.17, 15) is 35.8 Å². The van der Waals surface area contributed by atoms with E-state index in [1.54, 1.807) is 6.07 Å². The lowest BCUT2D eigenvalue weighted by atomic mass is 9.95. The first kappa shape index (κ1) is 22.6. The summed E-state index contributed by atoms with van der Waals surface area (Å²) < 4.78 is 95.0. The summed E-state index contributed by atoms with van der Waals surface area (Å²) in [4.78, 5) is 3.75. The molecular formula is C22H14F7N3O. The summed E-state index contributed by atoms with van der Waals surface area (Å²) in [6.45, 7) is 0. The molecule has 1 aliphatic heterocycles. The Morgan fingerprint density at radius 3 is 2.30 bits per heavy atom. The maximum absolute atomic E-state index is 14.4. The molecule has 0 radical (unpaired) electrons. The van der Waals surface area contributed by atoms with E-state index < -0.39 is 47.6 Å². The van der Waals surface area contributed by atoms with Crippen molar-refractivity contribution in [1.29, 1.82) is 0 Å². The molecule has 0 fully saturated rings. The number of hydrazone groups is 1. The van der Waals surface area contributed by atoms with E-state index in [0.29, 0.717) is 22.2 Å². The highest BCUT2D eigenvalue weighted by molar-refractivity contribution is 5.95. The Morgan fingerprint density at radius 2 is 1.67 bits per heavy atom. The van der Waals surface area contributed by atoms with Gasteiger partial charge >= 0.3 is 12.1 Å². The maximum atomic E-state index is 14.4. The lowest BCUT2D eigenvalue weighted by molar-refractivity contribution is -0.249. The van der Waals surface area contributed by atoms with Gasteiger partial charge in [-0.2, -0.15) is 27.1 Å². The quantitative estimate of drug-likeness (QED) is 0.461. The van der Waals surface area contributed by atoms with Gasteiger partial charge in [0.2, 0.25) is 5.88 Å². The maximum Gasteiger partial charge on any atom is 0.459 e. The lowest BCUT2D eigenvalue weighted by Crippen LogP contribution is -2.43. The summed E-state index contributed by atoms with van der Waals surface area (Å²) in [5.41, 5.74) is -0.614. The fraction of sp³-hybridized carbons (Fsp3) is 0.182. The summed E-state index contributed by atoms with van der Waals surface area (Å²) >= 11 is 0. The summed E-state index contributed by atoms with van der Waals surface area (Å²) in [5, 5.41) is 13.5. The van der Waals surface area contributed by atoms with Crippen LogP contribution in [0.4, 0.5) is 36.4 Å². The number of aromatic hydroxyl groups is 1. The Hall–Kier alpha value is -3.63. The average Bonchev–Trinajstić information content (AvgIpc) is 3.19. The molecule has 1 unspecified atom stereocenters. The molecule has 0 bridgehead atoms. The first-order chi connectivity index (χ1) is 15.5. The first-order valence-electron chi connectivity index (χ1n) is 9.49. The molecule has 0 saturated carbocycles. The summed E-state index contributed by atoms with van der Waals surface area (Å²) in [7, 11) is 0. The predicted molar refractivity (Wildman–Crippen MR) is 106 cm³/mol. The Bertz CT molecular complexity index is 1210. The highest BCUT2D eigenvalue weighted by Gasteiger charge is 2.63. The molecule has 172 valence electrons. The molecule has 0 saturated heterocycles. The van der Waals surface area contributed by atoms with Crippen molar-refractivity contribution in [2.24, 2.45) is 5.10 Å². The molecule has 1 N–H and O–H groups in total. The fourth-order valence-electron chi connectivity index (χ4n) is 3.49. The van der Waals surface area contributed by atoms with Crippen LogP contribution in [0.5, 0.6) is 5.88 Å². The standard InChI is InChI=1S/C22H14F7N3O/c23-15-5-6-17(16(24)9-15)32-18(10-19(31-32)21(25,26)22(27,28)29)13-3-1-2-12(8-13)14-4-7-20(33)30-11-14/h1-9,11,18H,10H2,(H,30,33). The number of hydrogen-bond donors (Lipinski definition) is 1. The number of aromatic nitrogens is 1. The van der Waals surface area contributed by atoms with Crippen molar-refractivity contribution in [1.82, 2.24) is 4.98 Å². The van der Waals surface area contributed by atoms with E-state index in [4.69, 9.17) is 0 Å². The van der Waals surface area contributed by atoms with Crippen LogP contribution in [-0.2, 0) is 0 Å². The third-order valence-electron chi connectivity index (χ3n) is 5.14. The van der Waals surface area contributed by atoms with Crippen LogP contribution in [-0.4, -0.2) is 27.9 Å². The molecule has 1 aliphatic rings. The molecule has 1 aromatic heterocycles. The Kier molecular flexibility index (Phi) is 5.51.